The highest BCUT2D eigenvalue weighted by molar-refractivity contribution is 5.71. The van der Waals surface area contributed by atoms with E-state index in [4.69, 9.17) is 14.2 Å². The SMILES string of the molecule is CCCCCCCCCCCCCCCCC(=O)OC[C@@H](COC(=O)CCCCCCCCCCCCCCCCCCCCC(C)C)OC(=O)CCCCCCCCCCCCCCC. The van der Waals surface area contributed by atoms with E-state index < -0.39 is 6.10 Å². The second-order valence-electron chi connectivity index (χ2n) is 21.1. The maximum atomic E-state index is 12.8. The number of hydrogen-bond acceptors (Lipinski definition) is 6. The fourth-order valence-electron chi connectivity index (χ4n) is 9.28. The Balaban J connectivity index is 4.23. The number of carbonyl (C=O) groups excluding carboxylic acids is 3. The van der Waals surface area contributed by atoms with Gasteiger partial charge < -0.3 is 14.2 Å². The van der Waals surface area contributed by atoms with Crippen molar-refractivity contribution in [2.45, 2.75) is 348 Å². The monoisotopic (exact) mass is 933 g/mol. The van der Waals surface area contributed by atoms with Crippen LogP contribution in [-0.4, -0.2) is 37.2 Å². The number of carbonyl (C=O) groups is 3. The summed E-state index contributed by atoms with van der Waals surface area (Å²) in [7, 11) is 0. The molecule has 0 aromatic heterocycles. The molecule has 6 heteroatoms. The van der Waals surface area contributed by atoms with Crippen molar-refractivity contribution < 1.29 is 28.6 Å². The van der Waals surface area contributed by atoms with Crippen molar-refractivity contribution >= 4 is 17.9 Å². The third-order valence-corrected chi connectivity index (χ3v) is 13.8. The van der Waals surface area contributed by atoms with Crippen molar-refractivity contribution in [1.82, 2.24) is 0 Å². The first-order chi connectivity index (χ1) is 32.4. The standard InChI is InChI=1S/C60H116O6/c1-5-7-9-11-13-15-17-19-28-31-35-39-43-47-51-58(61)64-54-57(66-60(63)53-49-45-41-37-33-26-18-16-14-12-10-8-6-2)55-65-59(62)52-48-44-40-36-32-29-25-23-21-20-22-24-27-30-34-38-42-46-50-56(3)4/h56-57H,5-55H2,1-4H3/t57-/m0/s1. The highest BCUT2D eigenvalue weighted by Gasteiger charge is 2.19. The Morgan fingerprint density at radius 2 is 0.500 bits per heavy atom. The average Bonchev–Trinajstić information content (AvgIpc) is 3.30. The summed E-state index contributed by atoms with van der Waals surface area (Å²) < 4.78 is 16.9. The predicted molar refractivity (Wildman–Crippen MR) is 284 cm³/mol. The van der Waals surface area contributed by atoms with Crippen molar-refractivity contribution in [1.29, 1.82) is 0 Å². The van der Waals surface area contributed by atoms with Crippen LogP contribution in [0.15, 0.2) is 0 Å². The molecule has 0 aliphatic heterocycles. The molecule has 0 N–H and O–H groups in total. The summed E-state index contributed by atoms with van der Waals surface area (Å²) >= 11 is 0. The van der Waals surface area contributed by atoms with Gasteiger partial charge in [-0.25, -0.2) is 0 Å². The molecule has 0 fully saturated rings. The van der Waals surface area contributed by atoms with E-state index in [1.807, 2.05) is 0 Å². The van der Waals surface area contributed by atoms with Crippen LogP contribution in [0.2, 0.25) is 0 Å². The molecule has 0 spiro atoms. The summed E-state index contributed by atoms with van der Waals surface area (Å²) in [6, 6.07) is 0. The van der Waals surface area contributed by atoms with E-state index in [2.05, 4.69) is 27.7 Å². The molecular weight excluding hydrogens is 817 g/mol. The van der Waals surface area contributed by atoms with Crippen molar-refractivity contribution in [2.24, 2.45) is 5.92 Å². The normalized spacial score (nSPS) is 12.0. The van der Waals surface area contributed by atoms with Gasteiger partial charge in [-0.15, -0.1) is 0 Å². The quantitative estimate of drug-likeness (QED) is 0.0343. The van der Waals surface area contributed by atoms with E-state index in [0.717, 1.165) is 63.7 Å². The van der Waals surface area contributed by atoms with Gasteiger partial charge in [-0.1, -0.05) is 304 Å². The molecule has 1 atom stereocenters. The van der Waals surface area contributed by atoms with Crippen molar-refractivity contribution in [3.8, 4) is 0 Å². The third kappa shape index (κ3) is 53.4. The summed E-state index contributed by atoms with van der Waals surface area (Å²) in [6.45, 7) is 9.08. The lowest BCUT2D eigenvalue weighted by molar-refractivity contribution is -0.167. The van der Waals surface area contributed by atoms with Crippen LogP contribution >= 0.6 is 0 Å². The Hall–Kier alpha value is -1.59. The molecule has 0 amide bonds. The van der Waals surface area contributed by atoms with Crippen LogP contribution in [0.25, 0.3) is 0 Å². The van der Waals surface area contributed by atoms with Gasteiger partial charge in [-0.05, 0) is 25.2 Å². The lowest BCUT2D eigenvalue weighted by Crippen LogP contribution is -2.30. The van der Waals surface area contributed by atoms with Crippen LogP contribution in [0.4, 0.5) is 0 Å². The molecule has 0 aliphatic rings. The smallest absolute Gasteiger partial charge is 0.306 e. The summed E-state index contributed by atoms with van der Waals surface area (Å²) in [4.78, 5) is 38.1. The molecule has 6 nitrogen and oxygen atoms in total. The van der Waals surface area contributed by atoms with E-state index in [-0.39, 0.29) is 31.1 Å². The topological polar surface area (TPSA) is 78.9 Å². The minimum atomic E-state index is -0.761. The van der Waals surface area contributed by atoms with Crippen LogP contribution in [0.5, 0.6) is 0 Å². The van der Waals surface area contributed by atoms with Gasteiger partial charge in [0.1, 0.15) is 13.2 Å². The summed E-state index contributed by atoms with van der Waals surface area (Å²) in [5.41, 5.74) is 0. The van der Waals surface area contributed by atoms with E-state index >= 15 is 0 Å². The van der Waals surface area contributed by atoms with Gasteiger partial charge >= 0.3 is 17.9 Å². The predicted octanol–water partition coefficient (Wildman–Crippen LogP) is 19.8. The number of rotatable bonds is 55. The zero-order valence-corrected chi connectivity index (χ0v) is 45.2. The number of unbranched alkanes of at least 4 members (excludes halogenated alkanes) is 42. The lowest BCUT2D eigenvalue weighted by atomic mass is 10.0. The van der Waals surface area contributed by atoms with Crippen LogP contribution in [-0.2, 0) is 28.6 Å². The van der Waals surface area contributed by atoms with Gasteiger partial charge in [0.25, 0.3) is 0 Å². The first-order valence-corrected chi connectivity index (χ1v) is 29.9. The highest BCUT2D eigenvalue weighted by atomic mass is 16.6. The molecule has 0 saturated heterocycles. The molecule has 0 heterocycles. The van der Waals surface area contributed by atoms with Gasteiger partial charge in [-0.3, -0.25) is 14.4 Å². The van der Waals surface area contributed by atoms with Gasteiger partial charge in [0.05, 0.1) is 0 Å². The van der Waals surface area contributed by atoms with Gasteiger partial charge in [0.2, 0.25) is 0 Å². The first-order valence-electron chi connectivity index (χ1n) is 29.9. The van der Waals surface area contributed by atoms with Crippen LogP contribution < -0.4 is 0 Å². The van der Waals surface area contributed by atoms with Gasteiger partial charge in [0.15, 0.2) is 6.10 Å². The first kappa shape index (κ1) is 64.4. The van der Waals surface area contributed by atoms with Crippen molar-refractivity contribution in [3.63, 3.8) is 0 Å². The molecule has 0 aromatic carbocycles. The number of esters is 3. The number of hydrogen-bond donors (Lipinski definition) is 0. The second kappa shape index (κ2) is 54.4. The zero-order chi connectivity index (χ0) is 48.1. The molecule has 0 saturated carbocycles. The maximum absolute atomic E-state index is 12.8. The second-order valence-corrected chi connectivity index (χ2v) is 21.1. The Kier molecular flexibility index (Phi) is 53.0. The maximum Gasteiger partial charge on any atom is 0.306 e. The highest BCUT2D eigenvalue weighted by Crippen LogP contribution is 2.18. The third-order valence-electron chi connectivity index (χ3n) is 13.8. The van der Waals surface area contributed by atoms with E-state index in [1.165, 1.54) is 238 Å². The molecule has 0 aliphatic carbocycles. The minimum absolute atomic E-state index is 0.0615. The molecule has 0 radical (unpaired) electrons. The molecule has 0 unspecified atom stereocenters. The van der Waals surface area contributed by atoms with Gasteiger partial charge in [-0.2, -0.15) is 0 Å². The fraction of sp³-hybridized carbons (Fsp3) is 0.950. The Morgan fingerprint density at radius 1 is 0.288 bits per heavy atom. The van der Waals surface area contributed by atoms with E-state index in [1.54, 1.807) is 0 Å². The van der Waals surface area contributed by atoms with Crippen LogP contribution in [0, 0.1) is 5.92 Å². The Bertz CT molecular complexity index is 996. The minimum Gasteiger partial charge on any atom is -0.462 e. The van der Waals surface area contributed by atoms with Gasteiger partial charge in [0, 0.05) is 19.3 Å². The molecule has 0 bridgehead atoms. The van der Waals surface area contributed by atoms with Crippen molar-refractivity contribution in [3.05, 3.63) is 0 Å². The van der Waals surface area contributed by atoms with Crippen molar-refractivity contribution in [2.75, 3.05) is 13.2 Å². The lowest BCUT2D eigenvalue weighted by Gasteiger charge is -2.18. The van der Waals surface area contributed by atoms with E-state index in [9.17, 15) is 14.4 Å². The van der Waals surface area contributed by atoms with Crippen LogP contribution in [0.3, 0.4) is 0 Å². The zero-order valence-electron chi connectivity index (χ0n) is 45.2. The average molecular weight is 934 g/mol. The Labute approximate surface area is 412 Å². The fourth-order valence-corrected chi connectivity index (χ4v) is 9.28. The summed E-state index contributed by atoms with van der Waals surface area (Å²) in [5, 5.41) is 0. The summed E-state index contributed by atoms with van der Waals surface area (Å²) in [5.74, 6) is 0.0263. The van der Waals surface area contributed by atoms with Crippen LogP contribution in [0.1, 0.15) is 342 Å². The number of ether oxygens (including phenoxy) is 3. The molecule has 66 heavy (non-hydrogen) atoms. The molecular formula is C60H116O6. The molecule has 392 valence electrons. The molecule has 0 rings (SSSR count). The molecule has 0 aromatic rings. The summed E-state index contributed by atoms with van der Waals surface area (Å²) in [6.07, 6.45) is 59.5. The largest absolute Gasteiger partial charge is 0.462 e. The van der Waals surface area contributed by atoms with E-state index in [0.29, 0.717) is 19.3 Å². The Morgan fingerprint density at radius 3 is 0.742 bits per heavy atom.